The van der Waals surface area contributed by atoms with E-state index in [1.165, 1.54) is 0 Å². The first-order chi connectivity index (χ1) is 11.8. The lowest BCUT2D eigenvalue weighted by Gasteiger charge is -2.11. The zero-order valence-corrected chi connectivity index (χ0v) is 16.3. The van der Waals surface area contributed by atoms with Crippen LogP contribution in [0.3, 0.4) is 0 Å². The maximum atomic E-state index is 11.9. The van der Waals surface area contributed by atoms with E-state index in [1.54, 1.807) is 10.9 Å². The number of carbonyl (C=O) groups is 1. The van der Waals surface area contributed by atoms with Crippen molar-refractivity contribution in [2.24, 2.45) is 0 Å². The first kappa shape index (κ1) is 19.2. The summed E-state index contributed by atoms with van der Waals surface area (Å²) in [5.41, 5.74) is 8.61. The first-order valence-corrected chi connectivity index (χ1v) is 8.69. The Hall–Kier alpha value is -2.13. The number of hydrogen-bond donors (Lipinski definition) is 3. The third-order valence-electron chi connectivity index (χ3n) is 3.81. The summed E-state index contributed by atoms with van der Waals surface area (Å²) >= 11 is 11.3. The molecule has 0 atom stereocenters. The molecule has 0 aliphatic rings. The highest BCUT2D eigenvalue weighted by atomic mass is 35.5. The van der Waals surface area contributed by atoms with Crippen LogP contribution in [0.1, 0.15) is 30.4 Å². The van der Waals surface area contributed by atoms with Gasteiger partial charge in [-0.1, -0.05) is 11.6 Å². The van der Waals surface area contributed by atoms with Gasteiger partial charge in [-0.25, -0.2) is 0 Å². The quantitative estimate of drug-likeness (QED) is 0.541. The van der Waals surface area contributed by atoms with Crippen molar-refractivity contribution in [3.8, 4) is 0 Å². The molecular weight excluding hydrogens is 362 g/mol. The normalized spacial score (nSPS) is 10.6. The summed E-state index contributed by atoms with van der Waals surface area (Å²) in [6.07, 6.45) is 1.95. The largest absolute Gasteiger partial charge is 0.329 e. The molecule has 0 aliphatic carbocycles. The third kappa shape index (κ3) is 4.70. The Balaban J connectivity index is 1.78. The van der Waals surface area contributed by atoms with Crippen molar-refractivity contribution >= 4 is 40.5 Å². The third-order valence-corrected chi connectivity index (χ3v) is 4.56. The van der Waals surface area contributed by atoms with Gasteiger partial charge in [0.2, 0.25) is 5.91 Å². The Kier molecular flexibility index (Phi) is 6.38. The van der Waals surface area contributed by atoms with E-state index in [-0.39, 0.29) is 12.3 Å². The molecule has 2 aromatic rings. The predicted molar refractivity (Wildman–Crippen MR) is 101 cm³/mol. The number of amides is 1. The highest BCUT2D eigenvalue weighted by Crippen LogP contribution is 2.18. The lowest BCUT2D eigenvalue weighted by atomic mass is 10.3. The van der Waals surface area contributed by atoms with E-state index in [0.29, 0.717) is 16.7 Å². The lowest BCUT2D eigenvalue weighted by Crippen LogP contribution is -2.44. The molecule has 2 heterocycles. The average molecular weight is 384 g/mol. The summed E-state index contributed by atoms with van der Waals surface area (Å²) in [6.45, 7) is 8.88. The van der Waals surface area contributed by atoms with Crippen molar-refractivity contribution in [3.63, 3.8) is 0 Å². The van der Waals surface area contributed by atoms with E-state index in [0.717, 1.165) is 29.3 Å². The van der Waals surface area contributed by atoms with Gasteiger partial charge < -0.3 is 5.32 Å². The summed E-state index contributed by atoms with van der Waals surface area (Å²) in [6, 6.07) is 0. The molecule has 3 N–H and O–H groups in total. The number of hydrogen-bond acceptors (Lipinski definition) is 4. The summed E-state index contributed by atoms with van der Waals surface area (Å²) in [7, 11) is 0. The maximum Gasteiger partial charge on any atom is 0.240 e. The number of thiocarbonyl (C=S) groups is 1. The van der Waals surface area contributed by atoms with Gasteiger partial charge in [0.1, 0.15) is 0 Å². The minimum Gasteiger partial charge on any atom is -0.329 e. The van der Waals surface area contributed by atoms with Crippen molar-refractivity contribution in [1.82, 2.24) is 30.4 Å². The van der Waals surface area contributed by atoms with Crippen LogP contribution in [-0.2, 0) is 17.9 Å². The Labute approximate surface area is 156 Å². The second kappa shape index (κ2) is 8.30. The summed E-state index contributed by atoms with van der Waals surface area (Å²) in [5, 5.41) is 12.4. The summed E-state index contributed by atoms with van der Waals surface area (Å²) in [5.74, 6) is -0.200. The second-order valence-corrected chi connectivity index (χ2v) is 6.33. The molecule has 2 rings (SSSR count). The Bertz CT molecular complexity index is 783. The predicted octanol–water partition coefficient (Wildman–Crippen LogP) is 2.09. The van der Waals surface area contributed by atoms with Gasteiger partial charge in [0, 0.05) is 13.0 Å². The van der Waals surface area contributed by atoms with Crippen LogP contribution in [0.15, 0.2) is 6.20 Å². The number of nitrogens with one attached hydrogen (secondary N) is 3. The fourth-order valence-corrected chi connectivity index (χ4v) is 2.63. The highest BCUT2D eigenvalue weighted by molar-refractivity contribution is 7.80. The Morgan fingerprint density at radius 1 is 1.24 bits per heavy atom. The molecule has 0 fully saturated rings. The van der Waals surface area contributed by atoms with Crippen LogP contribution >= 0.6 is 23.8 Å². The molecule has 0 bridgehead atoms. The van der Waals surface area contributed by atoms with Gasteiger partial charge in [-0.3, -0.25) is 25.0 Å². The van der Waals surface area contributed by atoms with Crippen LogP contribution in [0.4, 0.5) is 5.69 Å². The number of aryl methyl sites for hydroxylation is 3. The Morgan fingerprint density at radius 2 is 1.96 bits per heavy atom. The van der Waals surface area contributed by atoms with Crippen LogP contribution < -0.4 is 16.2 Å². The van der Waals surface area contributed by atoms with Crippen molar-refractivity contribution in [2.45, 2.75) is 47.2 Å². The number of halogens is 1. The first-order valence-electron chi connectivity index (χ1n) is 7.91. The van der Waals surface area contributed by atoms with Gasteiger partial charge in [0.05, 0.1) is 40.5 Å². The summed E-state index contributed by atoms with van der Waals surface area (Å²) in [4.78, 5) is 11.9. The van der Waals surface area contributed by atoms with Crippen molar-refractivity contribution in [2.75, 3.05) is 5.32 Å². The van der Waals surface area contributed by atoms with Gasteiger partial charge in [-0.15, -0.1) is 0 Å². The standard InChI is InChI=1S/C15H22ClN7OS/c1-5-22-10(3)12(8-17-22)18-15(25)20-19-13(24)6-7-23-11(4)14(16)9(2)21-23/h8H,5-7H2,1-4H3,(H,19,24)(H2,18,20,25). The highest BCUT2D eigenvalue weighted by Gasteiger charge is 2.11. The number of rotatable bonds is 5. The number of anilines is 1. The van der Waals surface area contributed by atoms with E-state index >= 15 is 0 Å². The van der Waals surface area contributed by atoms with Gasteiger partial charge in [-0.05, 0) is 39.9 Å². The van der Waals surface area contributed by atoms with Crippen LogP contribution in [0.25, 0.3) is 0 Å². The van der Waals surface area contributed by atoms with Crippen LogP contribution in [-0.4, -0.2) is 30.6 Å². The molecule has 0 unspecified atom stereocenters. The number of nitrogens with zero attached hydrogens (tertiary/aromatic N) is 4. The fourth-order valence-electron chi connectivity index (χ4n) is 2.33. The molecule has 10 heteroatoms. The van der Waals surface area contributed by atoms with Crippen LogP contribution in [0.5, 0.6) is 0 Å². The topological polar surface area (TPSA) is 88.8 Å². The van der Waals surface area contributed by atoms with Gasteiger partial charge in [-0.2, -0.15) is 10.2 Å². The van der Waals surface area contributed by atoms with Gasteiger partial charge >= 0.3 is 0 Å². The van der Waals surface area contributed by atoms with Crippen molar-refractivity contribution in [3.05, 3.63) is 28.3 Å². The van der Waals surface area contributed by atoms with E-state index in [1.807, 2.05) is 32.4 Å². The molecule has 25 heavy (non-hydrogen) atoms. The smallest absolute Gasteiger partial charge is 0.240 e. The molecular formula is C15H22ClN7OS. The second-order valence-electron chi connectivity index (χ2n) is 5.54. The molecule has 0 saturated heterocycles. The number of carbonyl (C=O) groups excluding carboxylic acids is 1. The minimum atomic E-state index is -0.200. The molecule has 0 spiro atoms. The fraction of sp³-hybridized carbons (Fsp3) is 0.467. The number of hydrazine groups is 1. The average Bonchev–Trinajstić information content (AvgIpc) is 3.05. The molecule has 0 saturated carbocycles. The molecule has 0 radical (unpaired) electrons. The van der Waals surface area contributed by atoms with Crippen molar-refractivity contribution in [1.29, 1.82) is 0 Å². The molecule has 136 valence electrons. The maximum absolute atomic E-state index is 11.9. The molecule has 8 nitrogen and oxygen atoms in total. The van der Waals surface area contributed by atoms with E-state index in [4.69, 9.17) is 23.8 Å². The van der Waals surface area contributed by atoms with E-state index in [2.05, 4.69) is 26.4 Å². The minimum absolute atomic E-state index is 0.200. The van der Waals surface area contributed by atoms with Crippen LogP contribution in [0, 0.1) is 20.8 Å². The van der Waals surface area contributed by atoms with Crippen LogP contribution in [0.2, 0.25) is 5.02 Å². The molecule has 2 aromatic heterocycles. The van der Waals surface area contributed by atoms with E-state index in [9.17, 15) is 4.79 Å². The number of aromatic nitrogens is 4. The molecule has 0 aliphatic heterocycles. The SMILES string of the molecule is CCn1ncc(NC(=S)NNC(=O)CCn2nc(C)c(Cl)c2C)c1C. The molecule has 1 amide bonds. The zero-order valence-electron chi connectivity index (χ0n) is 14.7. The zero-order chi connectivity index (χ0) is 18.6. The van der Waals surface area contributed by atoms with E-state index < -0.39 is 0 Å². The lowest BCUT2D eigenvalue weighted by molar-refractivity contribution is -0.121. The summed E-state index contributed by atoms with van der Waals surface area (Å²) < 4.78 is 3.57. The van der Waals surface area contributed by atoms with Crippen molar-refractivity contribution < 1.29 is 4.79 Å². The monoisotopic (exact) mass is 383 g/mol. The Morgan fingerprint density at radius 3 is 2.52 bits per heavy atom. The molecule has 0 aromatic carbocycles. The van der Waals surface area contributed by atoms with Gasteiger partial charge in [0.25, 0.3) is 0 Å². The van der Waals surface area contributed by atoms with Gasteiger partial charge in [0.15, 0.2) is 5.11 Å².